The summed E-state index contributed by atoms with van der Waals surface area (Å²) in [4.78, 5) is 10.8. The Bertz CT molecular complexity index is 384. The van der Waals surface area contributed by atoms with Crippen LogP contribution in [0.3, 0.4) is 0 Å². The molecule has 0 radical (unpaired) electrons. The number of hydrogen-bond acceptors (Lipinski definition) is 3. The first-order chi connectivity index (χ1) is 7.13. The fourth-order valence-electron chi connectivity index (χ4n) is 0.860. The number of carbonyl (C=O) groups excluding carboxylic acids is 1. The van der Waals surface area contributed by atoms with Crippen molar-refractivity contribution in [3.8, 4) is 0 Å². The number of ether oxygens (including phenoxy) is 1. The molecule has 80 valence electrons. The Hall–Kier alpha value is -1.14. The van der Waals surface area contributed by atoms with Gasteiger partial charge in [-0.25, -0.2) is 4.79 Å². The van der Waals surface area contributed by atoms with Crippen molar-refractivity contribution in [1.82, 2.24) is 5.32 Å². The lowest BCUT2D eigenvalue weighted by Gasteiger charge is -2.09. The van der Waals surface area contributed by atoms with Gasteiger partial charge in [-0.15, -0.1) is 0 Å². The topological polar surface area (TPSA) is 50.4 Å². The number of alkyl carbamates (subject to hydrolysis) is 1. The van der Waals surface area contributed by atoms with E-state index in [9.17, 15) is 4.79 Å². The molecule has 0 aliphatic heterocycles. The predicted molar refractivity (Wildman–Crippen MR) is 65.9 cm³/mol. The monoisotopic (exact) mass is 288 g/mol. The second-order valence-electron chi connectivity index (χ2n) is 2.55. The number of benzene rings is 1. The summed E-state index contributed by atoms with van der Waals surface area (Å²) < 4.78 is 5.26. The third kappa shape index (κ3) is 3.85. The van der Waals surface area contributed by atoms with Crippen LogP contribution < -0.4 is 10.6 Å². The maximum Gasteiger partial charge on any atom is 0.413 e. The van der Waals surface area contributed by atoms with Gasteiger partial charge in [0.25, 0.3) is 0 Å². The van der Waals surface area contributed by atoms with Crippen LogP contribution in [-0.4, -0.2) is 18.3 Å². The molecule has 0 saturated carbocycles. The first-order valence-electron chi connectivity index (χ1n) is 4.04. The van der Waals surface area contributed by atoms with E-state index in [1.54, 1.807) is 0 Å². The molecule has 0 unspecified atom stereocenters. The molecule has 0 heterocycles. The highest BCUT2D eigenvalue weighted by Gasteiger charge is 2.04. The van der Waals surface area contributed by atoms with Crippen LogP contribution >= 0.6 is 28.1 Å². The lowest BCUT2D eigenvalue weighted by molar-refractivity contribution is 0.177. The fraction of sp³-hybridized carbons (Fsp3) is 0.111. The van der Waals surface area contributed by atoms with E-state index in [0.717, 1.165) is 10.2 Å². The number of halogens is 1. The number of amides is 1. The summed E-state index contributed by atoms with van der Waals surface area (Å²) in [6.07, 6.45) is -0.598. The summed E-state index contributed by atoms with van der Waals surface area (Å²) in [6, 6.07) is 7.43. The first kappa shape index (κ1) is 11.9. The molecule has 15 heavy (non-hydrogen) atoms. The van der Waals surface area contributed by atoms with Crippen molar-refractivity contribution in [1.29, 1.82) is 0 Å². The molecule has 0 bridgehead atoms. The molecule has 1 rings (SSSR count). The van der Waals surface area contributed by atoms with E-state index in [-0.39, 0.29) is 5.11 Å². The number of anilines is 1. The Morgan fingerprint density at radius 3 is 2.73 bits per heavy atom. The molecule has 1 amide bonds. The Balaban J connectivity index is 2.59. The number of nitrogens with one attached hydrogen (secondary N) is 2. The lowest BCUT2D eigenvalue weighted by Crippen LogP contribution is -2.33. The van der Waals surface area contributed by atoms with Crippen LogP contribution in [0.2, 0.25) is 0 Å². The Morgan fingerprint density at radius 1 is 1.47 bits per heavy atom. The standard InChI is InChI=1S/C9H9BrN2O2S/c1-14-9(13)12-8(15)11-7-5-3-2-4-6(7)10/h2-5H,1H3,(H2,11,12,13,15). The highest BCUT2D eigenvalue weighted by Crippen LogP contribution is 2.20. The molecule has 2 N–H and O–H groups in total. The summed E-state index contributed by atoms with van der Waals surface area (Å²) in [7, 11) is 1.27. The number of methoxy groups -OCH3 is 1. The number of rotatable bonds is 1. The summed E-state index contributed by atoms with van der Waals surface area (Å²) >= 11 is 8.24. The van der Waals surface area contributed by atoms with E-state index < -0.39 is 6.09 Å². The Kier molecular flexibility index (Phi) is 4.51. The third-order valence-corrected chi connectivity index (χ3v) is 2.42. The minimum absolute atomic E-state index is 0.189. The molecule has 0 spiro atoms. The molecule has 1 aromatic rings. The van der Waals surface area contributed by atoms with Gasteiger partial charge in [0, 0.05) is 4.47 Å². The van der Waals surface area contributed by atoms with E-state index in [1.807, 2.05) is 24.3 Å². The Labute approximate surface area is 101 Å². The Morgan fingerprint density at radius 2 is 2.13 bits per heavy atom. The molecule has 1 aromatic carbocycles. The average Bonchev–Trinajstić information content (AvgIpc) is 2.21. The summed E-state index contributed by atoms with van der Waals surface area (Å²) in [6.45, 7) is 0. The normalized spacial score (nSPS) is 9.20. The van der Waals surface area contributed by atoms with Crippen molar-refractivity contribution in [2.24, 2.45) is 0 Å². The maximum absolute atomic E-state index is 10.8. The van der Waals surface area contributed by atoms with Gasteiger partial charge >= 0.3 is 6.09 Å². The van der Waals surface area contributed by atoms with Gasteiger partial charge in [0.15, 0.2) is 5.11 Å². The largest absolute Gasteiger partial charge is 0.453 e. The second kappa shape index (κ2) is 5.67. The zero-order chi connectivity index (χ0) is 11.3. The molecular formula is C9H9BrN2O2S. The van der Waals surface area contributed by atoms with E-state index in [2.05, 4.69) is 31.3 Å². The second-order valence-corrected chi connectivity index (χ2v) is 3.81. The van der Waals surface area contributed by atoms with Gasteiger partial charge < -0.3 is 10.1 Å². The minimum atomic E-state index is -0.598. The van der Waals surface area contributed by atoms with Crippen LogP contribution in [-0.2, 0) is 4.74 Å². The third-order valence-electron chi connectivity index (χ3n) is 1.52. The van der Waals surface area contributed by atoms with Crippen LogP contribution in [0, 0.1) is 0 Å². The van der Waals surface area contributed by atoms with Crippen LogP contribution in [0.15, 0.2) is 28.7 Å². The van der Waals surface area contributed by atoms with E-state index >= 15 is 0 Å². The molecule has 4 nitrogen and oxygen atoms in total. The van der Waals surface area contributed by atoms with Gasteiger partial charge in [-0.3, -0.25) is 5.32 Å². The van der Waals surface area contributed by atoms with Gasteiger partial charge in [-0.2, -0.15) is 0 Å². The molecule has 0 saturated heterocycles. The highest BCUT2D eigenvalue weighted by atomic mass is 79.9. The van der Waals surface area contributed by atoms with Crippen molar-refractivity contribution in [3.05, 3.63) is 28.7 Å². The molecule has 0 fully saturated rings. The van der Waals surface area contributed by atoms with Crippen LogP contribution in [0.4, 0.5) is 10.5 Å². The molecule has 0 atom stereocenters. The summed E-state index contributed by atoms with van der Waals surface area (Å²) in [5, 5.41) is 5.38. The van der Waals surface area contributed by atoms with E-state index in [0.29, 0.717) is 0 Å². The number of para-hydroxylation sites is 1. The van der Waals surface area contributed by atoms with Crippen LogP contribution in [0.5, 0.6) is 0 Å². The zero-order valence-electron chi connectivity index (χ0n) is 7.91. The van der Waals surface area contributed by atoms with Crippen molar-refractivity contribution in [2.45, 2.75) is 0 Å². The van der Waals surface area contributed by atoms with Crippen LogP contribution in [0.1, 0.15) is 0 Å². The highest BCUT2D eigenvalue weighted by molar-refractivity contribution is 9.10. The summed E-state index contributed by atoms with van der Waals surface area (Å²) in [5.74, 6) is 0. The first-order valence-corrected chi connectivity index (χ1v) is 5.24. The molecule has 0 aliphatic rings. The number of hydrogen-bond donors (Lipinski definition) is 2. The molecule has 0 aromatic heterocycles. The van der Waals surface area contributed by atoms with Crippen molar-refractivity contribution in [3.63, 3.8) is 0 Å². The fourth-order valence-corrected chi connectivity index (χ4v) is 1.44. The average molecular weight is 289 g/mol. The SMILES string of the molecule is COC(=O)NC(=S)Nc1ccccc1Br. The van der Waals surface area contributed by atoms with E-state index in [4.69, 9.17) is 12.2 Å². The molecule has 0 aliphatic carbocycles. The quantitative estimate of drug-likeness (QED) is 0.780. The smallest absolute Gasteiger partial charge is 0.413 e. The van der Waals surface area contributed by atoms with Gasteiger partial charge in [0.2, 0.25) is 0 Å². The molecular weight excluding hydrogens is 280 g/mol. The number of thiocarbonyl (C=S) groups is 1. The van der Waals surface area contributed by atoms with E-state index in [1.165, 1.54) is 7.11 Å². The van der Waals surface area contributed by atoms with Gasteiger partial charge in [-0.05, 0) is 40.3 Å². The minimum Gasteiger partial charge on any atom is -0.453 e. The maximum atomic E-state index is 10.8. The number of carbonyl (C=O) groups is 1. The van der Waals surface area contributed by atoms with Gasteiger partial charge in [0.1, 0.15) is 0 Å². The van der Waals surface area contributed by atoms with Crippen LogP contribution in [0.25, 0.3) is 0 Å². The van der Waals surface area contributed by atoms with Crippen molar-refractivity contribution in [2.75, 3.05) is 12.4 Å². The predicted octanol–water partition coefficient (Wildman–Crippen LogP) is 2.50. The van der Waals surface area contributed by atoms with Gasteiger partial charge in [-0.1, -0.05) is 12.1 Å². The van der Waals surface area contributed by atoms with Crippen molar-refractivity contribution < 1.29 is 9.53 Å². The van der Waals surface area contributed by atoms with Gasteiger partial charge in [0.05, 0.1) is 12.8 Å². The van der Waals surface area contributed by atoms with Crippen molar-refractivity contribution >= 4 is 45.0 Å². The lowest BCUT2D eigenvalue weighted by atomic mass is 10.3. The zero-order valence-corrected chi connectivity index (χ0v) is 10.3. The summed E-state index contributed by atoms with van der Waals surface area (Å²) in [5.41, 5.74) is 0.777. The molecule has 6 heteroatoms.